The lowest BCUT2D eigenvalue weighted by Gasteiger charge is -2.21. The molecule has 192 valence electrons. The van der Waals surface area contributed by atoms with Gasteiger partial charge in [0.15, 0.2) is 0 Å². The van der Waals surface area contributed by atoms with E-state index in [1.165, 1.54) is 0 Å². The van der Waals surface area contributed by atoms with Crippen LogP contribution in [0.2, 0.25) is 0 Å². The van der Waals surface area contributed by atoms with Gasteiger partial charge in [-0.2, -0.15) is 0 Å². The summed E-state index contributed by atoms with van der Waals surface area (Å²) in [5, 5.41) is 13.4. The molecule has 0 aromatic heterocycles. The van der Waals surface area contributed by atoms with Gasteiger partial charge in [0.1, 0.15) is 0 Å². The van der Waals surface area contributed by atoms with E-state index in [2.05, 4.69) is 15.5 Å². The average molecular weight is 532 g/mol. The summed E-state index contributed by atoms with van der Waals surface area (Å²) in [5.41, 5.74) is 0. The Hall–Kier alpha value is -2.78. The third kappa shape index (κ3) is 7.17. The number of hydrogen-bond acceptors (Lipinski definition) is 3. The van der Waals surface area contributed by atoms with Gasteiger partial charge in [-0.25, -0.2) is 0 Å². The van der Waals surface area contributed by atoms with E-state index < -0.39 is 14.6 Å². The maximum absolute atomic E-state index is 14.0. The lowest BCUT2D eigenvalue weighted by atomic mass is 10.4. The van der Waals surface area contributed by atoms with E-state index in [4.69, 9.17) is 0 Å². The highest BCUT2D eigenvalue weighted by Crippen LogP contribution is 2.39. The minimum absolute atomic E-state index is 0.642. The fourth-order valence-corrected chi connectivity index (χ4v) is 8.88. The van der Waals surface area contributed by atoms with E-state index in [1.54, 1.807) is 0 Å². The molecule has 0 aliphatic rings. The van der Waals surface area contributed by atoms with E-state index in [9.17, 15) is 9.13 Å². The highest BCUT2D eigenvalue weighted by Gasteiger charge is 2.27. The Morgan fingerprint density at radius 2 is 0.676 bits per heavy atom. The second-order valence-electron chi connectivity index (χ2n) is 8.83. The molecule has 0 aliphatic carbocycles. The van der Waals surface area contributed by atoms with Crippen LogP contribution in [0.4, 0.5) is 0 Å². The monoisotopic (exact) mass is 531 g/mol. The molecule has 0 saturated carbocycles. The summed E-state index contributed by atoms with van der Waals surface area (Å²) in [4.78, 5) is 0. The molecule has 4 aromatic carbocycles. The third-order valence-electron chi connectivity index (χ3n) is 6.21. The summed E-state index contributed by atoms with van der Waals surface area (Å²) in [6, 6.07) is 38.6. The molecule has 3 N–H and O–H groups in total. The van der Waals surface area contributed by atoms with Gasteiger partial charge in [-0.05, 0) is 74.5 Å². The van der Waals surface area contributed by atoms with Crippen LogP contribution in [0, 0.1) is 0 Å². The van der Waals surface area contributed by atoms with Crippen LogP contribution in [0.5, 0.6) is 0 Å². The van der Waals surface area contributed by atoms with Crippen molar-refractivity contribution in [1.29, 1.82) is 0 Å². The number of rotatable bonds is 14. The fourth-order valence-electron chi connectivity index (χ4n) is 4.24. The van der Waals surface area contributed by atoms with Crippen LogP contribution >= 0.6 is 14.6 Å². The van der Waals surface area contributed by atoms with Crippen molar-refractivity contribution in [2.24, 2.45) is 0 Å². The van der Waals surface area contributed by atoms with E-state index in [0.717, 1.165) is 47.1 Å². The van der Waals surface area contributed by atoms with Crippen LogP contribution in [0.25, 0.3) is 0 Å². The Labute approximate surface area is 220 Å². The van der Waals surface area contributed by atoms with Crippen molar-refractivity contribution >= 4 is 35.8 Å². The van der Waals surface area contributed by atoms with Crippen molar-refractivity contribution < 1.29 is 9.13 Å². The summed E-state index contributed by atoms with van der Waals surface area (Å²) in [6.45, 7) is 2.91. The Bertz CT molecular complexity index is 1110. The van der Waals surface area contributed by atoms with Crippen molar-refractivity contribution in [3.05, 3.63) is 121 Å². The first-order valence-corrected chi connectivity index (χ1v) is 16.2. The van der Waals surface area contributed by atoms with Gasteiger partial charge >= 0.3 is 0 Å². The quantitative estimate of drug-likeness (QED) is 0.166. The highest BCUT2D eigenvalue weighted by molar-refractivity contribution is 7.77. The molecular formula is C30H35N3O2P2. The minimum atomic E-state index is -2.89. The molecule has 0 fully saturated rings. The van der Waals surface area contributed by atoms with Gasteiger partial charge < -0.3 is 5.32 Å². The van der Waals surface area contributed by atoms with Crippen molar-refractivity contribution in [2.45, 2.75) is 12.8 Å². The lowest BCUT2D eigenvalue weighted by Crippen LogP contribution is -2.31. The third-order valence-corrected chi connectivity index (χ3v) is 11.6. The number of nitrogens with one attached hydrogen (secondary N) is 3. The summed E-state index contributed by atoms with van der Waals surface area (Å²) in [6.07, 6.45) is 1.70. The van der Waals surface area contributed by atoms with Gasteiger partial charge in [0, 0.05) is 34.3 Å². The van der Waals surface area contributed by atoms with Crippen molar-refractivity contribution in [2.75, 3.05) is 26.2 Å². The zero-order chi connectivity index (χ0) is 25.8. The molecule has 0 saturated heterocycles. The van der Waals surface area contributed by atoms with E-state index >= 15 is 0 Å². The van der Waals surface area contributed by atoms with Gasteiger partial charge in [-0.3, -0.25) is 19.3 Å². The van der Waals surface area contributed by atoms with Gasteiger partial charge in [-0.1, -0.05) is 72.8 Å². The number of benzene rings is 4. The van der Waals surface area contributed by atoms with Crippen LogP contribution < -0.4 is 36.7 Å². The Balaban J connectivity index is 1.23. The number of hydrogen-bond donors (Lipinski definition) is 3. The summed E-state index contributed by atoms with van der Waals surface area (Å²) < 4.78 is 27.9. The fraction of sp³-hybridized carbons (Fsp3) is 0.200. The Morgan fingerprint density at radius 1 is 0.405 bits per heavy atom. The predicted octanol–water partition coefficient (Wildman–Crippen LogP) is 4.39. The Kier molecular flexibility index (Phi) is 10.1. The molecule has 0 atom stereocenters. The molecule has 0 bridgehead atoms. The van der Waals surface area contributed by atoms with Crippen molar-refractivity contribution in [1.82, 2.24) is 15.5 Å². The highest BCUT2D eigenvalue weighted by atomic mass is 31.2. The second kappa shape index (κ2) is 13.7. The normalized spacial score (nSPS) is 11.9. The molecule has 0 spiro atoms. The smallest absolute Gasteiger partial charge is 0.204 e. The molecule has 4 aromatic rings. The summed E-state index contributed by atoms with van der Waals surface area (Å²) in [7, 11) is -5.77. The largest absolute Gasteiger partial charge is 0.317 e. The van der Waals surface area contributed by atoms with Gasteiger partial charge in [-0.15, -0.1) is 0 Å². The summed E-state index contributed by atoms with van der Waals surface area (Å²) in [5.74, 6) is 0. The first-order valence-electron chi connectivity index (χ1n) is 12.8. The molecule has 0 heterocycles. The topological polar surface area (TPSA) is 70.2 Å². The molecule has 0 unspecified atom stereocenters. The van der Waals surface area contributed by atoms with Crippen LogP contribution in [-0.2, 0) is 9.13 Å². The van der Waals surface area contributed by atoms with Crippen LogP contribution in [0.1, 0.15) is 12.8 Å². The Morgan fingerprint density at radius 3 is 0.946 bits per heavy atom. The molecule has 37 heavy (non-hydrogen) atoms. The second-order valence-corrected chi connectivity index (χ2v) is 14.0. The molecule has 0 radical (unpaired) electrons. The zero-order valence-electron chi connectivity index (χ0n) is 21.0. The SMILES string of the molecule is O=P(NCCCNCCCNP(=O)(c1ccccc1)c1ccccc1)(c1ccccc1)c1ccccc1. The van der Waals surface area contributed by atoms with Gasteiger partial charge in [0.25, 0.3) is 0 Å². The maximum atomic E-state index is 14.0. The van der Waals surface area contributed by atoms with Crippen LogP contribution in [0.3, 0.4) is 0 Å². The van der Waals surface area contributed by atoms with Crippen LogP contribution in [-0.4, -0.2) is 26.2 Å². The average Bonchev–Trinajstić information content (AvgIpc) is 2.98. The zero-order valence-corrected chi connectivity index (χ0v) is 22.8. The van der Waals surface area contributed by atoms with Crippen molar-refractivity contribution in [3.8, 4) is 0 Å². The molecule has 0 aliphatic heterocycles. The lowest BCUT2D eigenvalue weighted by molar-refractivity contribution is 0.567. The standard InChI is InChI=1S/C30H35N3O2P2/c34-36(27-15-5-1-6-16-27,28-17-7-2-8-18-28)32-25-13-23-31-24-14-26-33-37(35,29-19-9-3-10-20-29)30-21-11-4-12-22-30/h1-12,15-22,31H,13-14,23-26H2,(H,32,34)(H,33,35). The summed E-state index contributed by atoms with van der Waals surface area (Å²) >= 11 is 0. The maximum Gasteiger partial charge on any atom is 0.204 e. The van der Waals surface area contributed by atoms with Crippen molar-refractivity contribution in [3.63, 3.8) is 0 Å². The predicted molar refractivity (Wildman–Crippen MR) is 158 cm³/mol. The van der Waals surface area contributed by atoms with E-state index in [-0.39, 0.29) is 0 Å². The minimum Gasteiger partial charge on any atom is -0.317 e. The molecular weight excluding hydrogens is 496 g/mol. The molecule has 4 rings (SSSR count). The first kappa shape index (κ1) is 27.3. The molecule has 5 nitrogen and oxygen atoms in total. The van der Waals surface area contributed by atoms with E-state index in [0.29, 0.717) is 13.1 Å². The molecule has 0 amide bonds. The van der Waals surface area contributed by atoms with Crippen LogP contribution in [0.15, 0.2) is 121 Å². The van der Waals surface area contributed by atoms with Gasteiger partial charge in [0.2, 0.25) is 14.6 Å². The first-order chi connectivity index (χ1) is 18.1. The van der Waals surface area contributed by atoms with Gasteiger partial charge in [0.05, 0.1) is 0 Å². The molecule has 7 heteroatoms. The van der Waals surface area contributed by atoms with E-state index in [1.807, 2.05) is 121 Å².